The van der Waals surface area contributed by atoms with Crippen LogP contribution in [0.5, 0.6) is 0 Å². The molecule has 0 spiro atoms. The highest BCUT2D eigenvalue weighted by Crippen LogP contribution is 2.72. The van der Waals surface area contributed by atoms with Crippen molar-refractivity contribution >= 4 is 21.3 Å². The van der Waals surface area contributed by atoms with E-state index in [4.69, 9.17) is 19.6 Å². The predicted octanol–water partition coefficient (Wildman–Crippen LogP) is 0.788. The summed E-state index contributed by atoms with van der Waals surface area (Å²) in [5.74, 6) is 0. The van der Waals surface area contributed by atoms with Crippen molar-refractivity contribution in [1.29, 1.82) is 0 Å². The minimum absolute atomic E-state index is 0.560. The van der Waals surface area contributed by atoms with E-state index in [0.29, 0.717) is 5.56 Å². The van der Waals surface area contributed by atoms with Gasteiger partial charge in [-0.15, -0.1) is 0 Å². The van der Waals surface area contributed by atoms with Gasteiger partial charge in [-0.3, -0.25) is 9.13 Å². The third-order valence-corrected chi connectivity index (χ3v) is 6.05. The molecule has 0 atom stereocenters. The second-order valence-corrected chi connectivity index (χ2v) is 7.37. The highest BCUT2D eigenvalue weighted by molar-refractivity contribution is 7.71. The number of rotatable bonds is 4. The summed E-state index contributed by atoms with van der Waals surface area (Å²) in [6.07, 6.45) is 1.43. The van der Waals surface area contributed by atoms with Gasteiger partial charge in [-0.1, -0.05) is 36.9 Å². The monoisotopic (exact) mass is 294 g/mol. The molecule has 0 radical (unpaired) electrons. The molecule has 0 aliphatic carbocycles. The molecule has 5 N–H and O–H groups in total. The predicted molar refractivity (Wildman–Crippen MR) is 64.5 cm³/mol. The van der Waals surface area contributed by atoms with Crippen molar-refractivity contribution in [1.82, 2.24) is 0 Å². The van der Waals surface area contributed by atoms with Gasteiger partial charge >= 0.3 is 15.2 Å². The molecule has 1 aromatic carbocycles. The molecule has 0 unspecified atom stereocenters. The Morgan fingerprint density at radius 1 is 1.00 bits per heavy atom. The molecule has 0 aliphatic rings. The van der Waals surface area contributed by atoms with E-state index in [1.54, 1.807) is 0 Å². The third kappa shape index (κ3) is 2.48. The van der Waals surface area contributed by atoms with Crippen LogP contribution in [0.3, 0.4) is 0 Å². The van der Waals surface area contributed by atoms with Crippen molar-refractivity contribution in [3.8, 4) is 0 Å². The molecule has 7 nitrogen and oxygen atoms in total. The van der Waals surface area contributed by atoms with Crippen LogP contribution in [-0.4, -0.2) is 24.7 Å². The van der Waals surface area contributed by atoms with E-state index < -0.39 is 25.8 Å². The molecule has 1 rings (SSSR count). The van der Waals surface area contributed by atoms with Crippen molar-refractivity contribution in [3.05, 3.63) is 42.0 Å². The zero-order valence-electron chi connectivity index (χ0n) is 9.04. The molecular weight excluding hydrogens is 282 g/mol. The van der Waals surface area contributed by atoms with Crippen molar-refractivity contribution in [2.75, 3.05) is 0 Å². The van der Waals surface area contributed by atoms with E-state index in [0.717, 1.165) is 12.1 Å². The van der Waals surface area contributed by atoms with Crippen molar-refractivity contribution in [3.63, 3.8) is 0 Å². The first-order valence-corrected chi connectivity index (χ1v) is 7.83. The van der Waals surface area contributed by atoms with Crippen LogP contribution in [-0.2, 0) is 14.2 Å². The normalized spacial score (nSPS) is 13.4. The first-order chi connectivity index (χ1) is 8.04. The van der Waals surface area contributed by atoms with Crippen LogP contribution in [0.25, 0.3) is 6.08 Å². The van der Waals surface area contributed by atoms with Crippen LogP contribution >= 0.6 is 15.2 Å². The highest BCUT2D eigenvalue weighted by Gasteiger charge is 2.60. The van der Waals surface area contributed by atoms with Gasteiger partial charge in [0.05, 0.1) is 0 Å². The fraction of sp³-hybridized carbons (Fsp3) is 0.111. The largest absolute Gasteiger partial charge is 0.374 e. The smallest absolute Gasteiger partial charge is 0.364 e. The van der Waals surface area contributed by atoms with E-state index in [-0.39, 0.29) is 0 Å². The summed E-state index contributed by atoms with van der Waals surface area (Å²) in [5.41, 5.74) is 0.00675. The summed E-state index contributed by atoms with van der Waals surface area (Å²) in [6.45, 7) is 3.45. The molecular formula is C9H12O7P2. The van der Waals surface area contributed by atoms with E-state index in [1.165, 1.54) is 18.2 Å². The topological polar surface area (TPSA) is 135 Å². The van der Waals surface area contributed by atoms with Crippen LogP contribution in [0, 0.1) is 0 Å². The second-order valence-electron chi connectivity index (χ2n) is 3.55. The van der Waals surface area contributed by atoms with Gasteiger partial charge < -0.3 is 24.7 Å². The first-order valence-electron chi connectivity index (χ1n) is 4.60. The minimum atomic E-state index is -5.49. The van der Waals surface area contributed by atoms with Crippen LogP contribution in [0.1, 0.15) is 11.1 Å². The number of hydrogen-bond acceptors (Lipinski definition) is 3. The van der Waals surface area contributed by atoms with Gasteiger partial charge in [0.2, 0.25) is 0 Å². The maximum absolute atomic E-state index is 11.2. The molecule has 0 fully saturated rings. The van der Waals surface area contributed by atoms with E-state index >= 15 is 0 Å². The average Bonchev–Trinajstić information content (AvgIpc) is 2.25. The standard InChI is InChI=1S/C9H12O7P2/c1-2-7-3-5-8(6-4-7)9(10,17(11,12)13)18(14,15)16/h2-6,10H,1H2,(H2,11,12,13)(H2,14,15,16). The van der Waals surface area contributed by atoms with Crippen molar-refractivity contribution in [2.24, 2.45) is 0 Å². The molecule has 100 valence electrons. The molecule has 0 saturated heterocycles. The maximum atomic E-state index is 11.2. The van der Waals surface area contributed by atoms with E-state index in [2.05, 4.69) is 6.58 Å². The Kier molecular flexibility index (Phi) is 4.00. The van der Waals surface area contributed by atoms with Gasteiger partial charge in [-0.2, -0.15) is 0 Å². The zero-order chi connectivity index (χ0) is 14.2. The Hall–Kier alpha value is -0.780. The van der Waals surface area contributed by atoms with Crippen LogP contribution in [0.4, 0.5) is 0 Å². The van der Waals surface area contributed by atoms with Crippen LogP contribution < -0.4 is 0 Å². The van der Waals surface area contributed by atoms with Gasteiger partial charge in [0, 0.05) is 5.56 Å². The van der Waals surface area contributed by atoms with E-state index in [1.807, 2.05) is 0 Å². The number of aliphatic hydroxyl groups is 1. The van der Waals surface area contributed by atoms with Crippen LogP contribution in [0.2, 0.25) is 0 Å². The van der Waals surface area contributed by atoms with Gasteiger partial charge in [0.1, 0.15) is 0 Å². The fourth-order valence-electron chi connectivity index (χ4n) is 1.35. The van der Waals surface area contributed by atoms with Gasteiger partial charge in [-0.05, 0) is 5.56 Å². The third-order valence-electron chi connectivity index (χ3n) is 2.35. The molecule has 0 aliphatic heterocycles. The summed E-state index contributed by atoms with van der Waals surface area (Å²) in [6, 6.07) is 4.68. The number of hydrogen-bond donors (Lipinski definition) is 5. The molecule has 9 heteroatoms. The van der Waals surface area contributed by atoms with Gasteiger partial charge in [0.25, 0.3) is 5.08 Å². The highest BCUT2D eigenvalue weighted by atomic mass is 31.2. The quantitative estimate of drug-likeness (QED) is 0.518. The Bertz CT molecular complexity index is 517. The van der Waals surface area contributed by atoms with Crippen molar-refractivity contribution in [2.45, 2.75) is 5.08 Å². The summed E-state index contributed by atoms with van der Waals surface area (Å²) in [4.78, 5) is 36.0. The Balaban J connectivity index is 3.50. The minimum Gasteiger partial charge on any atom is -0.364 e. The second kappa shape index (κ2) is 4.72. The summed E-state index contributed by atoms with van der Waals surface area (Å²) in [5, 5.41) is 6.23. The molecule has 0 saturated carbocycles. The lowest BCUT2D eigenvalue weighted by atomic mass is 10.1. The average molecular weight is 294 g/mol. The van der Waals surface area contributed by atoms with Crippen LogP contribution in [0.15, 0.2) is 30.8 Å². The fourth-order valence-corrected chi connectivity index (χ4v) is 3.68. The first kappa shape index (κ1) is 15.3. The van der Waals surface area contributed by atoms with Gasteiger partial charge in [0.15, 0.2) is 0 Å². The Morgan fingerprint density at radius 3 is 1.67 bits per heavy atom. The maximum Gasteiger partial charge on any atom is 0.374 e. The lowest BCUT2D eigenvalue weighted by Gasteiger charge is -2.29. The Labute approximate surface area is 103 Å². The summed E-state index contributed by atoms with van der Waals surface area (Å²) >= 11 is 0. The summed E-state index contributed by atoms with van der Waals surface area (Å²) in [7, 11) is -11.0. The number of benzene rings is 1. The molecule has 1 aromatic rings. The molecule has 0 bridgehead atoms. The van der Waals surface area contributed by atoms with Gasteiger partial charge in [-0.25, -0.2) is 0 Å². The molecule has 0 aromatic heterocycles. The zero-order valence-corrected chi connectivity index (χ0v) is 10.8. The molecule has 0 amide bonds. The van der Waals surface area contributed by atoms with E-state index in [9.17, 15) is 14.2 Å². The lowest BCUT2D eigenvalue weighted by molar-refractivity contribution is 0.131. The SMILES string of the molecule is C=Cc1ccc(C(O)(P(=O)(O)O)P(=O)(O)O)cc1. The lowest BCUT2D eigenvalue weighted by Crippen LogP contribution is -2.25. The molecule has 18 heavy (non-hydrogen) atoms. The Morgan fingerprint density at radius 2 is 1.39 bits per heavy atom. The summed E-state index contributed by atoms with van der Waals surface area (Å²) < 4.78 is 22.4. The van der Waals surface area contributed by atoms with Crippen molar-refractivity contribution < 1.29 is 33.8 Å². The molecule has 0 heterocycles.